The number of hydrogen-bond donors (Lipinski definition) is 1. The van der Waals surface area contributed by atoms with Gasteiger partial charge in [0, 0.05) is 12.6 Å². The van der Waals surface area contributed by atoms with Gasteiger partial charge in [-0.1, -0.05) is 44.2 Å². The number of hydrogen-bond acceptors (Lipinski definition) is 2. The van der Waals surface area contributed by atoms with Gasteiger partial charge in [0.2, 0.25) is 0 Å². The third-order valence-corrected chi connectivity index (χ3v) is 4.19. The summed E-state index contributed by atoms with van der Waals surface area (Å²) in [5.41, 5.74) is 1.48. The predicted molar refractivity (Wildman–Crippen MR) is 82.3 cm³/mol. The van der Waals surface area contributed by atoms with Crippen molar-refractivity contribution in [3.8, 4) is 0 Å². The standard InChI is InChI=1S/C17H28N2/c1-3-11-18-13-15-10-12-19(14-15)17(4-2)16-8-6-5-7-9-16/h5-9,15,17-18H,3-4,10-14H2,1-2H3. The Balaban J connectivity index is 1.88. The van der Waals surface area contributed by atoms with Crippen LogP contribution in [0.3, 0.4) is 0 Å². The maximum atomic E-state index is 3.57. The van der Waals surface area contributed by atoms with Gasteiger partial charge in [-0.15, -0.1) is 0 Å². The van der Waals surface area contributed by atoms with E-state index in [2.05, 4.69) is 54.4 Å². The van der Waals surface area contributed by atoms with Gasteiger partial charge in [0.15, 0.2) is 0 Å². The van der Waals surface area contributed by atoms with Crippen LogP contribution in [0, 0.1) is 5.92 Å². The second kappa shape index (κ2) is 7.66. The van der Waals surface area contributed by atoms with Crippen LogP contribution in [-0.2, 0) is 0 Å². The molecule has 0 aliphatic carbocycles. The Morgan fingerprint density at radius 1 is 1.26 bits per heavy atom. The van der Waals surface area contributed by atoms with Crippen molar-refractivity contribution in [1.82, 2.24) is 10.2 Å². The van der Waals surface area contributed by atoms with Crippen molar-refractivity contribution in [2.45, 2.75) is 39.2 Å². The summed E-state index contributed by atoms with van der Waals surface area (Å²) in [6.07, 6.45) is 3.79. The molecule has 1 aromatic rings. The molecule has 2 unspecified atom stereocenters. The summed E-state index contributed by atoms with van der Waals surface area (Å²) in [7, 11) is 0. The molecule has 2 nitrogen and oxygen atoms in total. The van der Waals surface area contributed by atoms with Crippen LogP contribution in [0.15, 0.2) is 30.3 Å². The Labute approximate surface area is 118 Å². The first-order valence-corrected chi connectivity index (χ1v) is 7.84. The lowest BCUT2D eigenvalue weighted by molar-refractivity contribution is 0.229. The summed E-state index contributed by atoms with van der Waals surface area (Å²) in [5, 5.41) is 3.57. The molecule has 2 atom stereocenters. The van der Waals surface area contributed by atoms with Gasteiger partial charge in [-0.3, -0.25) is 4.90 Å². The molecule has 2 rings (SSSR count). The molecule has 1 N–H and O–H groups in total. The Morgan fingerprint density at radius 3 is 2.74 bits per heavy atom. The van der Waals surface area contributed by atoms with Crippen LogP contribution in [-0.4, -0.2) is 31.1 Å². The highest BCUT2D eigenvalue weighted by atomic mass is 15.2. The van der Waals surface area contributed by atoms with Crippen molar-refractivity contribution in [3.63, 3.8) is 0 Å². The van der Waals surface area contributed by atoms with E-state index in [1.54, 1.807) is 0 Å². The largest absolute Gasteiger partial charge is 0.316 e. The molecular weight excluding hydrogens is 232 g/mol. The minimum Gasteiger partial charge on any atom is -0.316 e. The third-order valence-electron chi connectivity index (χ3n) is 4.19. The van der Waals surface area contributed by atoms with E-state index < -0.39 is 0 Å². The average molecular weight is 260 g/mol. The molecule has 0 saturated carbocycles. The highest BCUT2D eigenvalue weighted by Crippen LogP contribution is 2.29. The van der Waals surface area contributed by atoms with E-state index in [9.17, 15) is 0 Å². The number of nitrogens with one attached hydrogen (secondary N) is 1. The third kappa shape index (κ3) is 4.05. The minimum absolute atomic E-state index is 0.609. The summed E-state index contributed by atoms with van der Waals surface area (Å²) in [5.74, 6) is 0.837. The van der Waals surface area contributed by atoms with Gasteiger partial charge in [-0.2, -0.15) is 0 Å². The molecule has 1 fully saturated rings. The summed E-state index contributed by atoms with van der Waals surface area (Å²) in [6.45, 7) is 9.40. The smallest absolute Gasteiger partial charge is 0.0345 e. The molecule has 1 aliphatic rings. The second-order valence-electron chi connectivity index (χ2n) is 5.69. The molecule has 1 saturated heterocycles. The van der Waals surface area contributed by atoms with Gasteiger partial charge in [0.05, 0.1) is 0 Å². The summed E-state index contributed by atoms with van der Waals surface area (Å²) < 4.78 is 0. The summed E-state index contributed by atoms with van der Waals surface area (Å²) >= 11 is 0. The second-order valence-corrected chi connectivity index (χ2v) is 5.69. The van der Waals surface area contributed by atoms with Crippen LogP contribution < -0.4 is 5.32 Å². The SMILES string of the molecule is CCCNCC1CCN(C(CC)c2ccccc2)C1. The molecule has 1 aromatic carbocycles. The fraction of sp³-hybridized carbons (Fsp3) is 0.647. The Bertz CT molecular complexity index is 350. The number of rotatable bonds is 7. The Hall–Kier alpha value is -0.860. The van der Waals surface area contributed by atoms with Crippen molar-refractivity contribution in [1.29, 1.82) is 0 Å². The molecule has 0 bridgehead atoms. The lowest BCUT2D eigenvalue weighted by Gasteiger charge is -2.27. The zero-order valence-corrected chi connectivity index (χ0v) is 12.4. The highest BCUT2D eigenvalue weighted by Gasteiger charge is 2.27. The van der Waals surface area contributed by atoms with Crippen molar-refractivity contribution < 1.29 is 0 Å². The van der Waals surface area contributed by atoms with Crippen molar-refractivity contribution in [2.24, 2.45) is 5.92 Å². The predicted octanol–water partition coefficient (Wildman–Crippen LogP) is 3.46. The molecular formula is C17H28N2. The fourth-order valence-electron chi connectivity index (χ4n) is 3.18. The molecule has 0 amide bonds. The summed E-state index contributed by atoms with van der Waals surface area (Å²) in [4.78, 5) is 2.67. The van der Waals surface area contributed by atoms with E-state index in [0.717, 1.165) is 12.5 Å². The van der Waals surface area contributed by atoms with E-state index in [0.29, 0.717) is 6.04 Å². The van der Waals surface area contributed by atoms with Crippen molar-refractivity contribution in [2.75, 3.05) is 26.2 Å². The van der Waals surface area contributed by atoms with E-state index in [1.807, 2.05) is 0 Å². The first-order chi connectivity index (χ1) is 9.35. The monoisotopic (exact) mass is 260 g/mol. The first kappa shape index (κ1) is 14.5. The van der Waals surface area contributed by atoms with Gasteiger partial charge < -0.3 is 5.32 Å². The normalized spacial score (nSPS) is 21.7. The molecule has 1 aliphatic heterocycles. The van der Waals surface area contributed by atoms with Crippen molar-refractivity contribution >= 4 is 0 Å². The van der Waals surface area contributed by atoms with Crippen LogP contribution in [0.2, 0.25) is 0 Å². The van der Waals surface area contributed by atoms with Crippen LogP contribution >= 0.6 is 0 Å². The average Bonchev–Trinajstić information content (AvgIpc) is 2.90. The molecule has 1 heterocycles. The van der Waals surface area contributed by atoms with E-state index in [1.165, 1.54) is 44.5 Å². The number of nitrogens with zero attached hydrogens (tertiary/aromatic N) is 1. The maximum Gasteiger partial charge on any atom is 0.0345 e. The fourth-order valence-corrected chi connectivity index (χ4v) is 3.18. The lowest BCUT2D eigenvalue weighted by atomic mass is 10.0. The number of benzene rings is 1. The zero-order chi connectivity index (χ0) is 13.5. The molecule has 0 spiro atoms. The van der Waals surface area contributed by atoms with E-state index >= 15 is 0 Å². The number of likely N-dealkylation sites (tertiary alicyclic amines) is 1. The zero-order valence-electron chi connectivity index (χ0n) is 12.4. The Morgan fingerprint density at radius 2 is 2.05 bits per heavy atom. The highest BCUT2D eigenvalue weighted by molar-refractivity contribution is 5.19. The van der Waals surface area contributed by atoms with E-state index in [4.69, 9.17) is 0 Å². The van der Waals surface area contributed by atoms with Gasteiger partial charge in [-0.25, -0.2) is 0 Å². The minimum atomic E-state index is 0.609. The van der Waals surface area contributed by atoms with E-state index in [-0.39, 0.29) is 0 Å². The van der Waals surface area contributed by atoms with Crippen LogP contribution in [0.4, 0.5) is 0 Å². The van der Waals surface area contributed by atoms with Crippen LogP contribution in [0.5, 0.6) is 0 Å². The van der Waals surface area contributed by atoms with Gasteiger partial charge >= 0.3 is 0 Å². The maximum absolute atomic E-state index is 3.57. The topological polar surface area (TPSA) is 15.3 Å². The summed E-state index contributed by atoms with van der Waals surface area (Å²) in [6, 6.07) is 11.6. The molecule has 2 heteroatoms. The van der Waals surface area contributed by atoms with Crippen LogP contribution in [0.25, 0.3) is 0 Å². The molecule has 0 aromatic heterocycles. The van der Waals surface area contributed by atoms with Crippen molar-refractivity contribution in [3.05, 3.63) is 35.9 Å². The van der Waals surface area contributed by atoms with Gasteiger partial charge in [0.25, 0.3) is 0 Å². The molecule has 19 heavy (non-hydrogen) atoms. The lowest BCUT2D eigenvalue weighted by Crippen LogP contribution is -2.29. The molecule has 106 valence electrons. The van der Waals surface area contributed by atoms with Gasteiger partial charge in [0.1, 0.15) is 0 Å². The molecule has 0 radical (unpaired) electrons. The Kier molecular flexibility index (Phi) is 5.87. The van der Waals surface area contributed by atoms with Crippen LogP contribution in [0.1, 0.15) is 44.7 Å². The first-order valence-electron chi connectivity index (χ1n) is 7.84. The van der Waals surface area contributed by atoms with Gasteiger partial charge in [-0.05, 0) is 50.4 Å². The quantitative estimate of drug-likeness (QED) is 0.755.